The Balaban J connectivity index is 1.63. The molecule has 0 saturated heterocycles. The first-order valence-corrected chi connectivity index (χ1v) is 7.89. The lowest BCUT2D eigenvalue weighted by molar-refractivity contribution is 0.574. The van der Waals surface area contributed by atoms with Crippen LogP contribution in [0, 0.1) is 0 Å². The number of nitrogens with zero attached hydrogens (tertiary/aromatic N) is 3. The maximum absolute atomic E-state index is 5.95. The van der Waals surface area contributed by atoms with E-state index in [1.807, 2.05) is 72.8 Å². The monoisotopic (exact) mass is 328 g/mol. The Kier molecular flexibility index (Phi) is 3.88. The number of aromatic nitrogens is 2. The molecule has 0 aliphatic heterocycles. The molecule has 5 heteroatoms. The van der Waals surface area contributed by atoms with Crippen LogP contribution in [0.1, 0.15) is 5.76 Å². The number of nitrogen functional groups attached to an aromatic ring is 1. The Labute approximate surface area is 145 Å². The van der Waals surface area contributed by atoms with E-state index in [-0.39, 0.29) is 0 Å². The Morgan fingerprint density at radius 1 is 0.880 bits per heavy atom. The van der Waals surface area contributed by atoms with Gasteiger partial charge in [0.25, 0.3) is 0 Å². The van der Waals surface area contributed by atoms with E-state index in [4.69, 9.17) is 10.2 Å². The van der Waals surface area contributed by atoms with E-state index >= 15 is 0 Å². The van der Waals surface area contributed by atoms with Crippen LogP contribution in [0.3, 0.4) is 0 Å². The molecule has 0 spiro atoms. The van der Waals surface area contributed by atoms with Gasteiger partial charge in [0, 0.05) is 11.1 Å². The molecule has 2 aromatic heterocycles. The molecular formula is C20H16N4O. The third-order valence-electron chi connectivity index (χ3n) is 3.82. The van der Waals surface area contributed by atoms with Gasteiger partial charge in [0.1, 0.15) is 11.5 Å². The van der Waals surface area contributed by atoms with Crippen LogP contribution >= 0.6 is 0 Å². The number of benzene rings is 2. The van der Waals surface area contributed by atoms with Crippen LogP contribution in [0.2, 0.25) is 0 Å². The zero-order chi connectivity index (χ0) is 17.1. The van der Waals surface area contributed by atoms with Gasteiger partial charge in [-0.2, -0.15) is 9.78 Å². The molecule has 5 nitrogen and oxygen atoms in total. The molecule has 2 aromatic carbocycles. The van der Waals surface area contributed by atoms with Crippen molar-refractivity contribution >= 4 is 12.2 Å². The molecule has 2 heterocycles. The van der Waals surface area contributed by atoms with Crippen LogP contribution in [0.5, 0.6) is 0 Å². The summed E-state index contributed by atoms with van der Waals surface area (Å²) < 4.78 is 7.43. The van der Waals surface area contributed by atoms with E-state index in [0.717, 1.165) is 22.6 Å². The molecule has 0 saturated carbocycles. The molecule has 4 aromatic rings. The zero-order valence-corrected chi connectivity index (χ0v) is 13.4. The Hall–Kier alpha value is -3.60. The number of hydrogen-bond acceptors (Lipinski definition) is 4. The largest absolute Gasteiger partial charge is 0.455 e. The van der Waals surface area contributed by atoms with Crippen molar-refractivity contribution in [3.8, 4) is 22.6 Å². The van der Waals surface area contributed by atoms with Gasteiger partial charge >= 0.3 is 0 Å². The highest BCUT2D eigenvalue weighted by Crippen LogP contribution is 2.23. The molecule has 2 N–H and O–H groups in total. The quantitative estimate of drug-likeness (QED) is 0.569. The number of imidazole rings is 1. The van der Waals surface area contributed by atoms with Crippen molar-refractivity contribution in [2.45, 2.75) is 0 Å². The van der Waals surface area contributed by atoms with Gasteiger partial charge < -0.3 is 10.2 Å². The summed E-state index contributed by atoms with van der Waals surface area (Å²) in [5, 5.41) is 4.43. The summed E-state index contributed by atoms with van der Waals surface area (Å²) in [6, 6.07) is 23.6. The van der Waals surface area contributed by atoms with E-state index < -0.39 is 0 Å². The number of hydrogen-bond donors (Lipinski definition) is 1. The lowest BCUT2D eigenvalue weighted by Gasteiger charge is -2.03. The fourth-order valence-corrected chi connectivity index (χ4v) is 2.58. The summed E-state index contributed by atoms with van der Waals surface area (Å²) in [5.41, 5.74) is 8.79. The van der Waals surface area contributed by atoms with E-state index in [1.54, 1.807) is 17.1 Å². The first-order chi connectivity index (χ1) is 12.3. The molecular weight excluding hydrogens is 312 g/mol. The number of furan rings is 1. The first kappa shape index (κ1) is 15.0. The van der Waals surface area contributed by atoms with Crippen molar-refractivity contribution in [1.29, 1.82) is 0 Å². The van der Waals surface area contributed by atoms with Gasteiger partial charge in [-0.3, -0.25) is 0 Å². The molecule has 0 fully saturated rings. The van der Waals surface area contributed by atoms with Crippen LogP contribution in [0.25, 0.3) is 22.6 Å². The Bertz CT molecular complexity index is 1000. The van der Waals surface area contributed by atoms with Gasteiger partial charge in [0.05, 0.1) is 18.1 Å². The summed E-state index contributed by atoms with van der Waals surface area (Å²) in [6.45, 7) is 0. The van der Waals surface area contributed by atoms with Gasteiger partial charge in [0.15, 0.2) is 0 Å². The fourth-order valence-electron chi connectivity index (χ4n) is 2.58. The molecule has 0 radical (unpaired) electrons. The van der Waals surface area contributed by atoms with Gasteiger partial charge in [-0.15, -0.1) is 0 Å². The van der Waals surface area contributed by atoms with Crippen molar-refractivity contribution in [2.24, 2.45) is 5.10 Å². The van der Waals surface area contributed by atoms with Crippen molar-refractivity contribution in [3.05, 3.63) is 84.8 Å². The predicted molar refractivity (Wildman–Crippen MR) is 99.2 cm³/mol. The third-order valence-corrected chi connectivity index (χ3v) is 3.82. The summed E-state index contributed by atoms with van der Waals surface area (Å²) in [5.74, 6) is 1.76. The molecule has 0 aliphatic carbocycles. The van der Waals surface area contributed by atoms with Crippen molar-refractivity contribution in [2.75, 3.05) is 5.73 Å². The molecule has 122 valence electrons. The van der Waals surface area contributed by atoms with Gasteiger partial charge in [-0.05, 0) is 12.1 Å². The first-order valence-electron chi connectivity index (χ1n) is 7.89. The standard InChI is InChI=1S/C20H16N4O/c21-20-22-14-18(15-7-3-1-4-8-15)24(20)23-13-17-11-12-19(25-17)16-9-5-2-6-10-16/h1-14H,(H2,21,22). The molecule has 0 atom stereocenters. The maximum atomic E-state index is 5.95. The molecule has 0 amide bonds. The molecule has 0 bridgehead atoms. The summed E-state index contributed by atoms with van der Waals surface area (Å²) >= 11 is 0. The molecule has 25 heavy (non-hydrogen) atoms. The summed E-state index contributed by atoms with van der Waals surface area (Å²) in [6.07, 6.45) is 3.34. The highest BCUT2D eigenvalue weighted by Gasteiger charge is 2.08. The second kappa shape index (κ2) is 6.49. The summed E-state index contributed by atoms with van der Waals surface area (Å²) in [7, 11) is 0. The minimum Gasteiger partial charge on any atom is -0.455 e. The van der Waals surface area contributed by atoms with Crippen LogP contribution in [-0.2, 0) is 0 Å². The minimum absolute atomic E-state index is 0.324. The summed E-state index contributed by atoms with van der Waals surface area (Å²) in [4.78, 5) is 4.15. The fraction of sp³-hybridized carbons (Fsp3) is 0. The number of anilines is 1. The number of nitrogens with two attached hydrogens (primary N) is 1. The second-order valence-corrected chi connectivity index (χ2v) is 5.49. The SMILES string of the molecule is Nc1ncc(-c2ccccc2)n1N=Cc1ccc(-c2ccccc2)o1. The van der Waals surface area contributed by atoms with Gasteiger partial charge in [-0.25, -0.2) is 4.98 Å². The smallest absolute Gasteiger partial charge is 0.221 e. The maximum Gasteiger partial charge on any atom is 0.221 e. The van der Waals surface area contributed by atoms with Crippen LogP contribution in [-0.4, -0.2) is 15.9 Å². The average molecular weight is 328 g/mol. The van der Waals surface area contributed by atoms with Gasteiger partial charge in [-0.1, -0.05) is 60.7 Å². The predicted octanol–water partition coefficient (Wildman–Crippen LogP) is 4.27. The van der Waals surface area contributed by atoms with E-state index in [1.165, 1.54) is 0 Å². The van der Waals surface area contributed by atoms with Crippen LogP contribution in [0.4, 0.5) is 5.95 Å². The lowest BCUT2D eigenvalue weighted by Crippen LogP contribution is -1.99. The minimum atomic E-state index is 0.324. The third kappa shape index (κ3) is 3.07. The average Bonchev–Trinajstić information content (AvgIpc) is 3.28. The van der Waals surface area contributed by atoms with Crippen molar-refractivity contribution in [3.63, 3.8) is 0 Å². The Morgan fingerprint density at radius 3 is 2.28 bits per heavy atom. The normalized spacial score (nSPS) is 11.2. The molecule has 0 unspecified atom stereocenters. The van der Waals surface area contributed by atoms with E-state index in [0.29, 0.717) is 11.7 Å². The second-order valence-electron chi connectivity index (χ2n) is 5.49. The van der Waals surface area contributed by atoms with Crippen molar-refractivity contribution < 1.29 is 4.42 Å². The topological polar surface area (TPSA) is 69.3 Å². The molecule has 0 aliphatic rings. The molecule has 4 rings (SSSR count). The highest BCUT2D eigenvalue weighted by molar-refractivity contribution is 5.78. The number of rotatable bonds is 4. The Morgan fingerprint density at radius 2 is 1.56 bits per heavy atom. The van der Waals surface area contributed by atoms with Crippen molar-refractivity contribution in [1.82, 2.24) is 9.66 Å². The van der Waals surface area contributed by atoms with Gasteiger partial charge in [0.2, 0.25) is 5.95 Å². The zero-order valence-electron chi connectivity index (χ0n) is 13.4. The highest BCUT2D eigenvalue weighted by atomic mass is 16.3. The lowest BCUT2D eigenvalue weighted by atomic mass is 10.2. The van der Waals surface area contributed by atoms with Crippen LogP contribution in [0.15, 0.2) is 88.5 Å². The van der Waals surface area contributed by atoms with E-state index in [2.05, 4.69) is 10.1 Å². The van der Waals surface area contributed by atoms with Crippen LogP contribution < -0.4 is 5.73 Å². The van der Waals surface area contributed by atoms with E-state index in [9.17, 15) is 0 Å².